The van der Waals surface area contributed by atoms with Crippen LogP contribution in [0.1, 0.15) is 32.5 Å². The molecule has 0 bridgehead atoms. The van der Waals surface area contributed by atoms with Gasteiger partial charge in [-0.1, -0.05) is 13.3 Å². The maximum absolute atomic E-state index is 9.99. The van der Waals surface area contributed by atoms with Gasteiger partial charge in [-0.25, -0.2) is 0 Å². The molecule has 1 rings (SSSR count). The van der Waals surface area contributed by atoms with Crippen molar-refractivity contribution < 1.29 is 9.84 Å². The quantitative estimate of drug-likeness (QED) is 0.727. The molecule has 6 heteroatoms. The van der Waals surface area contributed by atoms with Crippen LogP contribution in [0.4, 0.5) is 0 Å². The van der Waals surface area contributed by atoms with E-state index in [4.69, 9.17) is 4.74 Å². The molecule has 0 spiro atoms. The Morgan fingerprint density at radius 3 is 2.69 bits per heavy atom. The molecule has 1 aromatic rings. The number of ether oxygens (including phenoxy) is 1. The predicted molar refractivity (Wildman–Crippen MR) is 58.8 cm³/mol. The molecule has 1 aromatic heterocycles. The number of nitrogens with zero attached hydrogens (tertiary/aromatic N) is 4. The van der Waals surface area contributed by atoms with Crippen LogP contribution >= 0.6 is 0 Å². The van der Waals surface area contributed by atoms with Gasteiger partial charge in [-0.3, -0.25) is 0 Å². The first kappa shape index (κ1) is 13.1. The van der Waals surface area contributed by atoms with Crippen molar-refractivity contribution in [2.75, 3.05) is 6.61 Å². The molecule has 2 atom stereocenters. The molecular weight excluding hydrogens is 208 g/mol. The molecule has 2 unspecified atom stereocenters. The molecule has 0 aliphatic carbocycles. The monoisotopic (exact) mass is 228 g/mol. The van der Waals surface area contributed by atoms with Crippen molar-refractivity contribution in [2.45, 2.75) is 45.3 Å². The third-order valence-corrected chi connectivity index (χ3v) is 2.32. The van der Waals surface area contributed by atoms with E-state index in [1.54, 1.807) is 7.05 Å². The van der Waals surface area contributed by atoms with E-state index in [9.17, 15) is 5.11 Å². The fourth-order valence-corrected chi connectivity index (χ4v) is 1.61. The van der Waals surface area contributed by atoms with Gasteiger partial charge in [-0.2, -0.15) is 4.80 Å². The standard InChI is InChI=1S/C10H20N4O2/c1-4-6-9(16-5-2)8(15)7-10-11-13-14(3)12-10/h8-9,15H,4-7H2,1-3H3. The lowest BCUT2D eigenvalue weighted by Gasteiger charge is -2.21. The number of aliphatic hydroxyl groups is 1. The second-order valence-corrected chi connectivity index (χ2v) is 3.75. The van der Waals surface area contributed by atoms with Crippen LogP contribution < -0.4 is 0 Å². The van der Waals surface area contributed by atoms with Crippen LogP contribution in [0.15, 0.2) is 0 Å². The van der Waals surface area contributed by atoms with Crippen molar-refractivity contribution in [3.05, 3.63) is 5.82 Å². The maximum Gasteiger partial charge on any atom is 0.177 e. The zero-order chi connectivity index (χ0) is 12.0. The fraction of sp³-hybridized carbons (Fsp3) is 0.900. The molecule has 0 aliphatic rings. The summed E-state index contributed by atoms with van der Waals surface area (Å²) in [6, 6.07) is 0. The predicted octanol–water partition coefficient (Wildman–Crippen LogP) is 0.319. The number of rotatable bonds is 7. The van der Waals surface area contributed by atoms with Crippen molar-refractivity contribution in [1.29, 1.82) is 0 Å². The molecule has 1 N–H and O–H groups in total. The lowest BCUT2D eigenvalue weighted by atomic mass is 10.1. The lowest BCUT2D eigenvalue weighted by molar-refractivity contribution is -0.0370. The van der Waals surface area contributed by atoms with Crippen molar-refractivity contribution in [1.82, 2.24) is 20.2 Å². The Bertz CT molecular complexity index is 297. The zero-order valence-corrected chi connectivity index (χ0v) is 10.1. The zero-order valence-electron chi connectivity index (χ0n) is 10.1. The van der Waals surface area contributed by atoms with E-state index >= 15 is 0 Å². The molecule has 1 heterocycles. The van der Waals surface area contributed by atoms with E-state index in [0.717, 1.165) is 12.8 Å². The van der Waals surface area contributed by atoms with Gasteiger partial charge in [0.25, 0.3) is 0 Å². The summed E-state index contributed by atoms with van der Waals surface area (Å²) < 4.78 is 5.49. The van der Waals surface area contributed by atoms with Crippen LogP contribution in [-0.2, 0) is 18.2 Å². The minimum Gasteiger partial charge on any atom is -0.390 e. The van der Waals surface area contributed by atoms with Crippen molar-refractivity contribution >= 4 is 0 Å². The summed E-state index contributed by atoms with van der Waals surface area (Å²) >= 11 is 0. The largest absolute Gasteiger partial charge is 0.390 e. The molecule has 0 aromatic carbocycles. The van der Waals surface area contributed by atoms with Crippen LogP contribution in [0.25, 0.3) is 0 Å². The fourth-order valence-electron chi connectivity index (χ4n) is 1.61. The Labute approximate surface area is 95.6 Å². The van der Waals surface area contributed by atoms with E-state index in [1.165, 1.54) is 4.80 Å². The third kappa shape index (κ3) is 3.86. The SMILES string of the molecule is CCCC(OCC)C(O)Cc1nnn(C)n1. The van der Waals surface area contributed by atoms with Gasteiger partial charge in [0.1, 0.15) is 0 Å². The number of aliphatic hydroxyl groups excluding tert-OH is 1. The smallest absolute Gasteiger partial charge is 0.177 e. The molecule has 0 radical (unpaired) electrons. The first-order valence-corrected chi connectivity index (χ1v) is 5.69. The Morgan fingerprint density at radius 1 is 1.44 bits per heavy atom. The van der Waals surface area contributed by atoms with Crippen molar-refractivity contribution in [2.24, 2.45) is 7.05 Å². The second kappa shape index (κ2) is 6.55. The summed E-state index contributed by atoms with van der Waals surface area (Å²) in [5.74, 6) is 0.552. The van der Waals surface area contributed by atoms with Gasteiger partial charge < -0.3 is 9.84 Å². The average molecular weight is 228 g/mol. The summed E-state index contributed by atoms with van der Waals surface area (Å²) in [7, 11) is 1.70. The molecular formula is C10H20N4O2. The van der Waals surface area contributed by atoms with Gasteiger partial charge in [0.2, 0.25) is 0 Å². The number of aromatic nitrogens is 4. The van der Waals surface area contributed by atoms with Crippen LogP contribution in [0, 0.1) is 0 Å². The summed E-state index contributed by atoms with van der Waals surface area (Å²) in [5.41, 5.74) is 0. The molecule has 0 fully saturated rings. The number of tetrazole rings is 1. The molecule has 0 saturated carbocycles. The second-order valence-electron chi connectivity index (χ2n) is 3.75. The number of hydrogen-bond donors (Lipinski definition) is 1. The van der Waals surface area contributed by atoms with Gasteiger partial charge in [-0.15, -0.1) is 10.2 Å². The third-order valence-electron chi connectivity index (χ3n) is 2.32. The number of aryl methyl sites for hydroxylation is 1. The highest BCUT2D eigenvalue weighted by Crippen LogP contribution is 2.10. The highest BCUT2D eigenvalue weighted by Gasteiger charge is 2.20. The first-order chi connectivity index (χ1) is 7.67. The Balaban J connectivity index is 2.50. The maximum atomic E-state index is 9.99. The van der Waals surface area contributed by atoms with Gasteiger partial charge in [0.05, 0.1) is 19.3 Å². The van der Waals surface area contributed by atoms with E-state index < -0.39 is 6.10 Å². The molecule has 0 aliphatic heterocycles. The van der Waals surface area contributed by atoms with Crippen LogP contribution in [-0.4, -0.2) is 44.1 Å². The van der Waals surface area contributed by atoms with E-state index in [0.29, 0.717) is 18.9 Å². The highest BCUT2D eigenvalue weighted by atomic mass is 16.5. The normalized spacial score (nSPS) is 15.0. The van der Waals surface area contributed by atoms with E-state index in [-0.39, 0.29) is 6.10 Å². The topological polar surface area (TPSA) is 73.1 Å². The summed E-state index contributed by atoms with van der Waals surface area (Å²) in [4.78, 5) is 1.39. The number of hydrogen-bond acceptors (Lipinski definition) is 5. The van der Waals surface area contributed by atoms with Gasteiger partial charge in [0.15, 0.2) is 5.82 Å². The Hall–Kier alpha value is -1.01. The summed E-state index contributed by atoms with van der Waals surface area (Å²) in [6.07, 6.45) is 1.51. The van der Waals surface area contributed by atoms with E-state index in [2.05, 4.69) is 22.3 Å². The molecule has 6 nitrogen and oxygen atoms in total. The molecule has 0 amide bonds. The lowest BCUT2D eigenvalue weighted by Crippen LogP contribution is -2.31. The van der Waals surface area contributed by atoms with Crippen LogP contribution in [0.2, 0.25) is 0 Å². The molecule has 16 heavy (non-hydrogen) atoms. The van der Waals surface area contributed by atoms with Crippen LogP contribution in [0.5, 0.6) is 0 Å². The highest BCUT2D eigenvalue weighted by molar-refractivity contribution is 4.84. The minimum absolute atomic E-state index is 0.140. The van der Waals surface area contributed by atoms with Gasteiger partial charge >= 0.3 is 0 Å². The average Bonchev–Trinajstić information content (AvgIpc) is 2.63. The molecule has 0 saturated heterocycles. The van der Waals surface area contributed by atoms with Gasteiger partial charge in [-0.05, 0) is 18.6 Å². The molecule has 92 valence electrons. The Morgan fingerprint density at radius 2 is 2.19 bits per heavy atom. The van der Waals surface area contributed by atoms with Crippen molar-refractivity contribution in [3.8, 4) is 0 Å². The van der Waals surface area contributed by atoms with Crippen LogP contribution in [0.3, 0.4) is 0 Å². The Kier molecular flexibility index (Phi) is 5.34. The summed E-state index contributed by atoms with van der Waals surface area (Å²) in [5, 5.41) is 21.6. The van der Waals surface area contributed by atoms with Gasteiger partial charge in [0, 0.05) is 13.0 Å². The summed E-state index contributed by atoms with van der Waals surface area (Å²) in [6.45, 7) is 4.60. The van der Waals surface area contributed by atoms with E-state index in [1.807, 2.05) is 6.92 Å². The first-order valence-electron chi connectivity index (χ1n) is 5.69. The van der Waals surface area contributed by atoms with Crippen molar-refractivity contribution in [3.63, 3.8) is 0 Å². The minimum atomic E-state index is -0.566.